The van der Waals surface area contributed by atoms with Crippen molar-refractivity contribution in [3.8, 4) is 0 Å². The molecule has 0 bridgehead atoms. The second-order valence-corrected chi connectivity index (χ2v) is 6.25. The van der Waals surface area contributed by atoms with Crippen molar-refractivity contribution in [1.82, 2.24) is 10.6 Å². The first kappa shape index (κ1) is 16.9. The highest BCUT2D eigenvalue weighted by atomic mass is 19.2. The Labute approximate surface area is 130 Å². The Hall–Kier alpha value is -1.49. The Morgan fingerprint density at radius 1 is 1.36 bits per heavy atom. The van der Waals surface area contributed by atoms with E-state index in [1.165, 1.54) is 6.07 Å². The first-order valence-corrected chi connectivity index (χ1v) is 7.92. The van der Waals surface area contributed by atoms with Gasteiger partial charge in [0, 0.05) is 6.42 Å². The van der Waals surface area contributed by atoms with Gasteiger partial charge in [-0.1, -0.05) is 13.0 Å². The molecule has 3 atom stereocenters. The molecule has 122 valence electrons. The minimum absolute atomic E-state index is 0.0460. The fourth-order valence-corrected chi connectivity index (χ4v) is 2.99. The quantitative estimate of drug-likeness (QED) is 0.877. The molecule has 1 aromatic rings. The smallest absolute Gasteiger partial charge is 0.220 e. The van der Waals surface area contributed by atoms with Gasteiger partial charge in [0.15, 0.2) is 11.6 Å². The van der Waals surface area contributed by atoms with Gasteiger partial charge in [-0.05, 0) is 62.4 Å². The highest BCUT2D eigenvalue weighted by molar-refractivity contribution is 5.76. The van der Waals surface area contributed by atoms with Gasteiger partial charge in [0.05, 0.1) is 6.04 Å². The summed E-state index contributed by atoms with van der Waals surface area (Å²) in [5.74, 6) is -0.973. The molecule has 1 saturated heterocycles. The van der Waals surface area contributed by atoms with Crippen LogP contribution in [0.3, 0.4) is 0 Å². The van der Waals surface area contributed by atoms with Gasteiger partial charge in [-0.25, -0.2) is 8.78 Å². The number of rotatable bonds is 5. The third-order valence-electron chi connectivity index (χ3n) is 4.47. The van der Waals surface area contributed by atoms with Gasteiger partial charge in [0.2, 0.25) is 5.91 Å². The Kier molecular flexibility index (Phi) is 5.89. The van der Waals surface area contributed by atoms with E-state index in [4.69, 9.17) is 0 Å². The number of piperidine rings is 1. The van der Waals surface area contributed by atoms with E-state index in [1.807, 2.05) is 0 Å². The molecular formula is C17H24F2N2O. The minimum atomic E-state index is -0.889. The summed E-state index contributed by atoms with van der Waals surface area (Å²) in [4.78, 5) is 12.1. The van der Waals surface area contributed by atoms with Crippen molar-refractivity contribution in [2.75, 3.05) is 13.1 Å². The maximum Gasteiger partial charge on any atom is 0.220 e. The SMILES string of the molecule is CC(NC(=O)CC(C)C1CCCNC1)c1ccc(F)c(F)c1. The first-order valence-electron chi connectivity index (χ1n) is 7.92. The Balaban J connectivity index is 1.86. The molecule has 0 radical (unpaired) electrons. The standard InChI is InChI=1S/C17H24F2N2O/c1-11(14-4-3-7-20-10-14)8-17(22)21-12(2)13-5-6-15(18)16(19)9-13/h5-6,9,11-12,14,20H,3-4,7-8,10H2,1-2H3,(H,21,22). The molecule has 0 spiro atoms. The van der Waals surface area contributed by atoms with Crippen LogP contribution in [0.15, 0.2) is 18.2 Å². The molecule has 1 fully saturated rings. The molecule has 0 aromatic heterocycles. The van der Waals surface area contributed by atoms with Crippen LogP contribution in [0.2, 0.25) is 0 Å². The van der Waals surface area contributed by atoms with Gasteiger partial charge >= 0.3 is 0 Å². The summed E-state index contributed by atoms with van der Waals surface area (Å²) >= 11 is 0. The highest BCUT2D eigenvalue weighted by Gasteiger charge is 2.22. The van der Waals surface area contributed by atoms with Crippen LogP contribution < -0.4 is 10.6 Å². The largest absolute Gasteiger partial charge is 0.350 e. The van der Waals surface area contributed by atoms with E-state index in [1.54, 1.807) is 6.92 Å². The number of carbonyl (C=O) groups is 1. The predicted molar refractivity (Wildman–Crippen MR) is 82.3 cm³/mol. The second kappa shape index (κ2) is 7.68. The van der Waals surface area contributed by atoms with Crippen LogP contribution >= 0.6 is 0 Å². The van der Waals surface area contributed by atoms with Crippen LogP contribution in [0.4, 0.5) is 8.78 Å². The van der Waals surface area contributed by atoms with E-state index in [-0.39, 0.29) is 11.9 Å². The highest BCUT2D eigenvalue weighted by Crippen LogP contribution is 2.23. The second-order valence-electron chi connectivity index (χ2n) is 6.25. The zero-order valence-electron chi connectivity index (χ0n) is 13.2. The van der Waals surface area contributed by atoms with Gasteiger partial charge in [-0.15, -0.1) is 0 Å². The number of benzene rings is 1. The number of hydrogen-bond donors (Lipinski definition) is 2. The molecule has 3 nitrogen and oxygen atoms in total. The topological polar surface area (TPSA) is 41.1 Å². The Morgan fingerprint density at radius 2 is 2.14 bits per heavy atom. The lowest BCUT2D eigenvalue weighted by atomic mass is 9.85. The molecule has 1 heterocycles. The van der Waals surface area contributed by atoms with Crippen LogP contribution in [0.25, 0.3) is 0 Å². The van der Waals surface area contributed by atoms with Crippen molar-refractivity contribution in [3.63, 3.8) is 0 Å². The first-order chi connectivity index (χ1) is 10.5. The van der Waals surface area contributed by atoms with E-state index < -0.39 is 11.6 Å². The number of halogens is 2. The van der Waals surface area contributed by atoms with Gasteiger partial charge in [-0.3, -0.25) is 4.79 Å². The maximum atomic E-state index is 13.2. The Bertz CT molecular complexity index is 515. The molecule has 2 rings (SSSR count). The average molecular weight is 310 g/mol. The van der Waals surface area contributed by atoms with Crippen LogP contribution in [0.5, 0.6) is 0 Å². The van der Waals surface area contributed by atoms with Crippen molar-refractivity contribution in [3.05, 3.63) is 35.4 Å². The summed E-state index contributed by atoms with van der Waals surface area (Å²) in [6, 6.07) is 3.38. The van der Waals surface area contributed by atoms with Gasteiger partial charge in [-0.2, -0.15) is 0 Å². The fourth-order valence-electron chi connectivity index (χ4n) is 2.99. The summed E-state index contributed by atoms with van der Waals surface area (Å²) in [5, 5.41) is 6.22. The van der Waals surface area contributed by atoms with E-state index in [0.29, 0.717) is 23.8 Å². The maximum absolute atomic E-state index is 13.2. The van der Waals surface area contributed by atoms with Crippen LogP contribution in [-0.2, 0) is 4.79 Å². The molecule has 0 saturated carbocycles. The van der Waals surface area contributed by atoms with Gasteiger partial charge in [0.1, 0.15) is 0 Å². The van der Waals surface area contributed by atoms with Crippen molar-refractivity contribution < 1.29 is 13.6 Å². The van der Waals surface area contributed by atoms with E-state index in [9.17, 15) is 13.6 Å². The number of carbonyl (C=O) groups excluding carboxylic acids is 1. The van der Waals surface area contributed by atoms with E-state index in [0.717, 1.165) is 38.1 Å². The van der Waals surface area contributed by atoms with Crippen molar-refractivity contribution in [1.29, 1.82) is 0 Å². The molecule has 1 aliphatic heterocycles. The predicted octanol–water partition coefficient (Wildman–Crippen LogP) is 3.17. The lowest BCUT2D eigenvalue weighted by Gasteiger charge is -2.28. The average Bonchev–Trinajstić information content (AvgIpc) is 2.50. The Morgan fingerprint density at radius 3 is 2.77 bits per heavy atom. The van der Waals surface area contributed by atoms with Gasteiger partial charge in [0.25, 0.3) is 0 Å². The summed E-state index contributed by atoms with van der Waals surface area (Å²) in [6.45, 7) is 5.90. The van der Waals surface area contributed by atoms with Crippen LogP contribution in [0, 0.1) is 23.5 Å². The van der Waals surface area contributed by atoms with Crippen molar-refractivity contribution in [2.45, 2.75) is 39.2 Å². The third kappa shape index (κ3) is 4.50. The summed E-state index contributed by atoms with van der Waals surface area (Å²) in [5.41, 5.74) is 0.569. The number of nitrogens with one attached hydrogen (secondary N) is 2. The molecule has 1 aliphatic rings. The van der Waals surface area contributed by atoms with Gasteiger partial charge < -0.3 is 10.6 Å². The molecule has 2 N–H and O–H groups in total. The van der Waals surface area contributed by atoms with Crippen molar-refractivity contribution >= 4 is 5.91 Å². The fraction of sp³-hybridized carbons (Fsp3) is 0.588. The lowest BCUT2D eigenvalue weighted by Crippen LogP contribution is -2.36. The molecular weight excluding hydrogens is 286 g/mol. The zero-order valence-corrected chi connectivity index (χ0v) is 13.2. The van der Waals surface area contributed by atoms with Crippen LogP contribution in [-0.4, -0.2) is 19.0 Å². The third-order valence-corrected chi connectivity index (χ3v) is 4.47. The minimum Gasteiger partial charge on any atom is -0.350 e. The van der Waals surface area contributed by atoms with E-state index in [2.05, 4.69) is 17.6 Å². The molecule has 5 heteroatoms. The van der Waals surface area contributed by atoms with Crippen LogP contribution in [0.1, 0.15) is 44.7 Å². The summed E-state index contributed by atoms with van der Waals surface area (Å²) < 4.78 is 26.2. The molecule has 1 aromatic carbocycles. The van der Waals surface area contributed by atoms with Crippen molar-refractivity contribution in [2.24, 2.45) is 11.8 Å². The molecule has 0 aliphatic carbocycles. The summed E-state index contributed by atoms with van der Waals surface area (Å²) in [7, 11) is 0. The van der Waals surface area contributed by atoms with E-state index >= 15 is 0 Å². The molecule has 3 unspecified atom stereocenters. The zero-order chi connectivity index (χ0) is 16.1. The number of hydrogen-bond acceptors (Lipinski definition) is 2. The summed E-state index contributed by atoms with van der Waals surface area (Å²) in [6.07, 6.45) is 2.77. The number of amides is 1. The lowest BCUT2D eigenvalue weighted by molar-refractivity contribution is -0.123. The molecule has 22 heavy (non-hydrogen) atoms. The normalized spacial score (nSPS) is 21.2. The molecule has 1 amide bonds. The monoisotopic (exact) mass is 310 g/mol.